The topological polar surface area (TPSA) is 275 Å². The van der Waals surface area contributed by atoms with Crippen molar-refractivity contribution in [2.45, 2.75) is 104 Å². The summed E-state index contributed by atoms with van der Waals surface area (Å²) in [4.78, 5) is 119. The zero-order valence-corrected chi connectivity index (χ0v) is 43.6. The lowest BCUT2D eigenvalue weighted by Crippen LogP contribution is -2.52. The van der Waals surface area contributed by atoms with E-state index in [9.17, 15) is 43.2 Å². The number of likely N-dealkylation sites (tertiary alicyclic amines) is 1. The summed E-state index contributed by atoms with van der Waals surface area (Å²) in [6, 6.07) is 10.5. The van der Waals surface area contributed by atoms with Crippen molar-refractivity contribution in [1.82, 2.24) is 46.4 Å². The highest BCUT2D eigenvalue weighted by Gasteiger charge is 2.37. The van der Waals surface area contributed by atoms with Crippen molar-refractivity contribution in [1.29, 1.82) is 0 Å². The number of carbonyl (C=O) groups excluding carboxylic acids is 9. The number of benzene rings is 2. The first-order valence-corrected chi connectivity index (χ1v) is 25.8. The van der Waals surface area contributed by atoms with Gasteiger partial charge in [0.05, 0.1) is 74.8 Å². The molecule has 3 aliphatic heterocycles. The third-order valence-corrected chi connectivity index (χ3v) is 13.9. The molecule has 1 aliphatic carbocycles. The number of hydrogen-bond donors (Lipinski definition) is 6. The standard InChI is InChI=1S/C51H56FN9O12S.C2H6/c1-3-29-31-18-38-48-32(23-61(38)50(74)33(31)24-73-51(29)70)47-35(10-9-30-27(2)34(52)19-36(59-48)46(30)47)57-43(66)25-72-26-56-41(64)21-55-49(69)37(17-28-7-5-4-6-8-28)58-42(65)22-54-40(63)20-53-39(62)13-15-71-16-14-60-44(67)11-12-45(60)68;1-2/h4-8,18-19,29,35,37H,3,9-17,20-26H2,1-2H3,(H,53,62)(H,54,63)(H,55,69)(H,56,64)(H,57,66)(H,58,65);1-2H3. The van der Waals surface area contributed by atoms with Crippen molar-refractivity contribution < 1.29 is 61.8 Å². The number of carbonyl (C=O) groups is 9. The van der Waals surface area contributed by atoms with E-state index in [2.05, 4.69) is 31.9 Å². The number of aryl methyl sites for hydroxylation is 1. The summed E-state index contributed by atoms with van der Waals surface area (Å²) >= 11 is 5.97. The van der Waals surface area contributed by atoms with Gasteiger partial charge in [0.15, 0.2) is 0 Å². The van der Waals surface area contributed by atoms with E-state index < -0.39 is 79.7 Å². The number of imide groups is 1. The number of fused-ring (bicyclic) bond motifs is 5. The number of cyclic esters (lactones) is 1. The molecule has 21 nitrogen and oxygen atoms in total. The van der Waals surface area contributed by atoms with E-state index in [0.717, 1.165) is 38.1 Å². The first kappa shape index (κ1) is 56.2. The molecule has 0 spiro atoms. The van der Waals surface area contributed by atoms with Gasteiger partial charge in [0.25, 0.3) is 0 Å². The predicted molar refractivity (Wildman–Crippen MR) is 275 cm³/mol. The first-order chi connectivity index (χ1) is 36.6. The average molecular weight is 1070 g/mol. The molecule has 3 atom stereocenters. The Balaban J connectivity index is 0.00000415. The second-order valence-electron chi connectivity index (χ2n) is 18.3. The summed E-state index contributed by atoms with van der Waals surface area (Å²) in [7, 11) is 0. The fourth-order valence-electron chi connectivity index (χ4n) is 9.69. The molecule has 0 saturated carbocycles. The Bertz CT molecular complexity index is 2990. The summed E-state index contributed by atoms with van der Waals surface area (Å²) in [6.07, 6.45) is 1.75. The number of ether oxygens (including phenoxy) is 3. The van der Waals surface area contributed by atoms with Crippen LogP contribution in [0.1, 0.15) is 104 Å². The molecule has 3 unspecified atom stereocenters. The van der Waals surface area contributed by atoms with Gasteiger partial charge in [-0.3, -0.25) is 48.1 Å². The number of aromatic nitrogens is 2. The maximum absolute atomic E-state index is 15.4. The fourth-order valence-corrected chi connectivity index (χ4v) is 10.0. The lowest BCUT2D eigenvalue weighted by atomic mass is 9.81. The van der Waals surface area contributed by atoms with Gasteiger partial charge in [0.2, 0.25) is 47.3 Å². The largest absolute Gasteiger partial charge is 0.460 e. The molecule has 8 amide bonds. The van der Waals surface area contributed by atoms with Gasteiger partial charge in [-0.1, -0.05) is 63.3 Å². The van der Waals surface area contributed by atoms with E-state index in [1.54, 1.807) is 37.3 Å². The maximum atomic E-state index is 15.4. The van der Waals surface area contributed by atoms with Crippen molar-refractivity contribution in [3.8, 4) is 11.4 Å². The molecule has 8 rings (SSSR count). The van der Waals surface area contributed by atoms with Crippen LogP contribution in [0.4, 0.5) is 4.39 Å². The number of nitrogens with zero attached hydrogens (tertiary/aromatic N) is 3. The Hall–Kier alpha value is -7.50. The highest BCUT2D eigenvalue weighted by Crippen LogP contribution is 2.46. The van der Waals surface area contributed by atoms with Crippen LogP contribution in [0.2, 0.25) is 0 Å². The van der Waals surface area contributed by atoms with Crippen molar-refractivity contribution in [3.63, 3.8) is 0 Å². The molecule has 2 aromatic carbocycles. The monoisotopic (exact) mass is 1070 g/mol. The fraction of sp³-hybridized carbons (Fsp3) is 0.453. The van der Waals surface area contributed by atoms with Gasteiger partial charge < -0.3 is 50.7 Å². The lowest BCUT2D eigenvalue weighted by molar-refractivity contribution is -0.148. The van der Waals surface area contributed by atoms with Gasteiger partial charge in [-0.05, 0) is 60.1 Å². The highest BCUT2D eigenvalue weighted by molar-refractivity contribution is 7.71. The van der Waals surface area contributed by atoms with E-state index in [1.165, 1.54) is 6.07 Å². The summed E-state index contributed by atoms with van der Waals surface area (Å²) < 4.78 is 34.2. The average Bonchev–Trinajstić information content (AvgIpc) is 3.97. The lowest BCUT2D eigenvalue weighted by Gasteiger charge is -2.29. The van der Waals surface area contributed by atoms with Crippen LogP contribution in [0.15, 0.2) is 42.5 Å². The third kappa shape index (κ3) is 13.1. The van der Waals surface area contributed by atoms with E-state index in [4.69, 9.17) is 31.4 Å². The predicted octanol–water partition coefficient (Wildman–Crippen LogP) is 2.64. The van der Waals surface area contributed by atoms with Crippen molar-refractivity contribution in [3.05, 3.63) is 91.9 Å². The van der Waals surface area contributed by atoms with Crippen LogP contribution >= 0.6 is 12.2 Å². The van der Waals surface area contributed by atoms with E-state index in [1.807, 2.05) is 31.4 Å². The molecule has 4 aromatic rings. The van der Waals surface area contributed by atoms with Gasteiger partial charge in [0.1, 0.15) is 36.4 Å². The minimum absolute atomic E-state index is 0.00835. The van der Waals surface area contributed by atoms with Gasteiger partial charge >= 0.3 is 5.97 Å². The minimum Gasteiger partial charge on any atom is -0.460 e. The molecule has 4 aliphatic rings. The Kier molecular flexibility index (Phi) is 19.1. The smallest absolute Gasteiger partial charge is 0.313 e. The molecule has 2 aromatic heterocycles. The number of esters is 1. The molecule has 0 bridgehead atoms. The van der Waals surface area contributed by atoms with Crippen molar-refractivity contribution in [2.24, 2.45) is 0 Å². The Morgan fingerprint density at radius 3 is 2.28 bits per heavy atom. The van der Waals surface area contributed by atoms with Gasteiger partial charge in [-0.15, -0.1) is 0 Å². The molecule has 0 radical (unpaired) electrons. The molecule has 1 saturated heterocycles. The molecular weight excluding hydrogens is 1010 g/mol. The first-order valence-electron chi connectivity index (χ1n) is 25.4. The molecule has 1 fully saturated rings. The van der Waals surface area contributed by atoms with E-state index >= 15 is 4.39 Å². The Morgan fingerprint density at radius 2 is 1.54 bits per heavy atom. The number of halogens is 1. The zero-order chi connectivity index (χ0) is 54.6. The van der Waals surface area contributed by atoms with Gasteiger partial charge in [-0.2, -0.15) is 0 Å². The molecule has 6 N–H and O–H groups in total. The SMILES string of the molecule is CC.CCC1C(=O)OCc2c1cc1n(c2=S)Cc2c-1nc1cc(F)c(C)c3c1c2C(NC(=O)COCNC(=O)CNC(=O)C(Cc1ccccc1)NC(=O)CNC(=O)CNC(=O)CCOCCN1C(=O)CCC1=O)CC3. The van der Waals surface area contributed by atoms with Crippen LogP contribution in [0.5, 0.6) is 0 Å². The van der Waals surface area contributed by atoms with Gasteiger partial charge in [0, 0.05) is 48.3 Å². The van der Waals surface area contributed by atoms with Gasteiger partial charge in [-0.25, -0.2) is 9.37 Å². The Labute approximate surface area is 442 Å². The second-order valence-corrected chi connectivity index (χ2v) is 18.7. The second kappa shape index (κ2) is 25.8. The van der Waals surface area contributed by atoms with Crippen molar-refractivity contribution in [2.75, 3.05) is 52.7 Å². The number of pyridine rings is 2. The van der Waals surface area contributed by atoms with Crippen LogP contribution in [0, 0.1) is 17.4 Å². The molecule has 23 heteroatoms. The van der Waals surface area contributed by atoms with E-state index in [0.29, 0.717) is 58.5 Å². The van der Waals surface area contributed by atoms with Crippen LogP contribution in [0.25, 0.3) is 22.3 Å². The third-order valence-electron chi connectivity index (χ3n) is 13.5. The number of rotatable bonds is 22. The minimum atomic E-state index is -1.15. The number of hydrogen-bond acceptors (Lipinski definition) is 14. The zero-order valence-electron chi connectivity index (χ0n) is 42.8. The van der Waals surface area contributed by atoms with Crippen LogP contribution in [-0.4, -0.2) is 126 Å². The maximum Gasteiger partial charge on any atom is 0.313 e. The highest BCUT2D eigenvalue weighted by atomic mass is 32.1. The number of amides is 8. The summed E-state index contributed by atoms with van der Waals surface area (Å²) in [6.45, 7) is 5.92. The van der Waals surface area contributed by atoms with Crippen molar-refractivity contribution >= 4 is 76.3 Å². The molecule has 76 heavy (non-hydrogen) atoms. The van der Waals surface area contributed by atoms with E-state index in [-0.39, 0.29) is 82.4 Å². The summed E-state index contributed by atoms with van der Waals surface area (Å²) in [5.74, 6) is -5.44. The normalized spacial score (nSPS) is 16.3. The van der Waals surface area contributed by atoms with Crippen LogP contribution in [0.3, 0.4) is 0 Å². The summed E-state index contributed by atoms with van der Waals surface area (Å²) in [5.41, 5.74) is 6.97. The Morgan fingerprint density at radius 1 is 0.842 bits per heavy atom. The quantitative estimate of drug-likeness (QED) is 0.0191. The summed E-state index contributed by atoms with van der Waals surface area (Å²) in [5, 5.41) is 16.2. The molecule has 5 heterocycles. The molecular formula is C53H62FN9O12S. The van der Waals surface area contributed by atoms with Crippen LogP contribution < -0.4 is 31.9 Å². The molecule has 404 valence electrons. The number of nitrogens with one attached hydrogen (secondary N) is 6. The van der Waals surface area contributed by atoms with Crippen LogP contribution in [-0.2, 0) is 83.4 Å².